The number of nitrogens with one attached hydrogen (secondary N) is 1. The van der Waals surface area contributed by atoms with Crippen molar-refractivity contribution in [1.29, 1.82) is 0 Å². The molecule has 6 heteroatoms. The summed E-state index contributed by atoms with van der Waals surface area (Å²) >= 11 is 0. The van der Waals surface area contributed by atoms with Gasteiger partial charge in [0.25, 0.3) is 0 Å². The van der Waals surface area contributed by atoms with Crippen molar-refractivity contribution in [3.63, 3.8) is 0 Å². The normalized spacial score (nSPS) is 12.4. The van der Waals surface area contributed by atoms with Crippen LogP contribution in [0.1, 0.15) is 33.4 Å². The van der Waals surface area contributed by atoms with Crippen molar-refractivity contribution in [2.75, 3.05) is 6.61 Å². The number of pyridine rings is 1. The second-order valence-electron chi connectivity index (χ2n) is 5.48. The lowest BCUT2D eigenvalue weighted by molar-refractivity contribution is -0.145. The average Bonchev–Trinajstić information content (AvgIpc) is 2.37. The summed E-state index contributed by atoms with van der Waals surface area (Å²) in [4.78, 5) is 27.9. The number of hydrogen-bond donors (Lipinski definition) is 1. The van der Waals surface area contributed by atoms with E-state index in [0.717, 1.165) is 0 Å². The molecule has 0 saturated carbocycles. The van der Waals surface area contributed by atoms with E-state index in [1.165, 1.54) is 0 Å². The molecule has 1 aromatic rings. The van der Waals surface area contributed by atoms with Gasteiger partial charge >= 0.3 is 12.1 Å². The molecule has 0 aliphatic carbocycles. The fourth-order valence-corrected chi connectivity index (χ4v) is 1.61. The van der Waals surface area contributed by atoms with E-state index in [0.29, 0.717) is 5.69 Å². The summed E-state index contributed by atoms with van der Waals surface area (Å²) < 4.78 is 10.1. The number of rotatable bonds is 5. The predicted molar refractivity (Wildman–Crippen MR) is 77.7 cm³/mol. The van der Waals surface area contributed by atoms with Crippen molar-refractivity contribution in [2.24, 2.45) is 0 Å². The van der Waals surface area contributed by atoms with E-state index < -0.39 is 23.7 Å². The van der Waals surface area contributed by atoms with Crippen molar-refractivity contribution in [1.82, 2.24) is 10.3 Å². The van der Waals surface area contributed by atoms with Gasteiger partial charge in [-0.05, 0) is 39.8 Å². The molecule has 1 rings (SSSR count). The number of carbonyl (C=O) groups is 2. The maximum atomic E-state index is 11.9. The quantitative estimate of drug-likeness (QED) is 0.841. The van der Waals surface area contributed by atoms with Gasteiger partial charge in [-0.15, -0.1) is 0 Å². The Morgan fingerprint density at radius 3 is 2.57 bits per heavy atom. The second kappa shape index (κ2) is 7.61. The van der Waals surface area contributed by atoms with Crippen LogP contribution in [-0.2, 0) is 20.7 Å². The molecule has 0 aliphatic heterocycles. The first-order valence-corrected chi connectivity index (χ1v) is 6.88. The third-order valence-electron chi connectivity index (χ3n) is 2.40. The van der Waals surface area contributed by atoms with Crippen molar-refractivity contribution in [3.8, 4) is 0 Å². The Labute approximate surface area is 124 Å². The fraction of sp³-hybridized carbons (Fsp3) is 0.533. The van der Waals surface area contributed by atoms with Gasteiger partial charge in [0.2, 0.25) is 0 Å². The first-order valence-electron chi connectivity index (χ1n) is 6.88. The van der Waals surface area contributed by atoms with Gasteiger partial charge in [0.05, 0.1) is 6.61 Å². The van der Waals surface area contributed by atoms with Crippen LogP contribution in [0.3, 0.4) is 0 Å². The topological polar surface area (TPSA) is 77.5 Å². The first-order chi connectivity index (χ1) is 9.81. The number of aromatic nitrogens is 1. The van der Waals surface area contributed by atoms with E-state index >= 15 is 0 Å². The van der Waals surface area contributed by atoms with Gasteiger partial charge in [0.1, 0.15) is 11.6 Å². The molecular weight excluding hydrogens is 272 g/mol. The van der Waals surface area contributed by atoms with E-state index in [9.17, 15) is 9.59 Å². The number of amides is 1. The van der Waals surface area contributed by atoms with E-state index in [1.807, 2.05) is 6.07 Å². The molecule has 1 unspecified atom stereocenters. The molecule has 1 atom stereocenters. The van der Waals surface area contributed by atoms with E-state index in [4.69, 9.17) is 9.47 Å². The summed E-state index contributed by atoms with van der Waals surface area (Å²) in [5.74, 6) is -0.506. The molecule has 21 heavy (non-hydrogen) atoms. The molecular formula is C15H22N2O4. The van der Waals surface area contributed by atoms with E-state index in [-0.39, 0.29) is 13.0 Å². The lowest BCUT2D eigenvalue weighted by Gasteiger charge is -2.22. The van der Waals surface area contributed by atoms with Crippen molar-refractivity contribution < 1.29 is 19.1 Å². The largest absolute Gasteiger partial charge is 0.464 e. The third-order valence-corrected chi connectivity index (χ3v) is 2.40. The maximum absolute atomic E-state index is 11.9. The second-order valence-corrected chi connectivity index (χ2v) is 5.48. The first kappa shape index (κ1) is 16.9. The van der Waals surface area contributed by atoms with Gasteiger partial charge in [0, 0.05) is 18.3 Å². The highest BCUT2D eigenvalue weighted by Gasteiger charge is 2.25. The van der Waals surface area contributed by atoms with Gasteiger partial charge < -0.3 is 14.8 Å². The number of esters is 1. The molecule has 0 radical (unpaired) electrons. The van der Waals surface area contributed by atoms with Crippen LogP contribution in [0.4, 0.5) is 4.79 Å². The van der Waals surface area contributed by atoms with Gasteiger partial charge in [-0.1, -0.05) is 6.07 Å². The Morgan fingerprint density at radius 2 is 2.05 bits per heavy atom. The molecule has 0 spiro atoms. The van der Waals surface area contributed by atoms with Crippen LogP contribution in [-0.4, -0.2) is 35.3 Å². The number of alkyl carbamates (subject to hydrolysis) is 1. The number of ether oxygens (including phenoxy) is 2. The standard InChI is InChI=1S/C15H22N2O4/c1-5-20-13(18)12(10-11-8-6-7-9-16-11)17-14(19)21-15(2,3)4/h6-9,12H,5,10H2,1-4H3,(H,17,19). The molecule has 0 aliphatic rings. The molecule has 0 saturated heterocycles. The Kier molecular flexibility index (Phi) is 6.14. The van der Waals surface area contributed by atoms with Gasteiger partial charge in [-0.2, -0.15) is 0 Å². The van der Waals surface area contributed by atoms with Gasteiger partial charge in [-0.3, -0.25) is 4.98 Å². The Bertz CT molecular complexity index is 468. The zero-order valence-electron chi connectivity index (χ0n) is 12.9. The van der Waals surface area contributed by atoms with Crippen LogP contribution in [0.2, 0.25) is 0 Å². The minimum atomic E-state index is -0.824. The van der Waals surface area contributed by atoms with Gasteiger partial charge in [-0.25, -0.2) is 9.59 Å². The molecule has 0 fully saturated rings. The summed E-state index contributed by atoms with van der Waals surface area (Å²) in [7, 11) is 0. The van der Waals surface area contributed by atoms with Crippen LogP contribution >= 0.6 is 0 Å². The van der Waals surface area contributed by atoms with Crippen LogP contribution in [0.25, 0.3) is 0 Å². The molecule has 0 aromatic carbocycles. The number of nitrogens with zero attached hydrogens (tertiary/aromatic N) is 1. The molecule has 6 nitrogen and oxygen atoms in total. The Balaban J connectivity index is 2.73. The molecule has 1 heterocycles. The van der Waals surface area contributed by atoms with Crippen molar-refractivity contribution in [2.45, 2.75) is 45.8 Å². The molecule has 1 N–H and O–H groups in total. The zero-order chi connectivity index (χ0) is 15.9. The number of hydrogen-bond acceptors (Lipinski definition) is 5. The molecule has 0 bridgehead atoms. The van der Waals surface area contributed by atoms with Crippen molar-refractivity contribution >= 4 is 12.1 Å². The summed E-state index contributed by atoms with van der Waals surface area (Å²) in [5.41, 5.74) is 0.0560. The Morgan fingerprint density at radius 1 is 1.33 bits per heavy atom. The monoisotopic (exact) mass is 294 g/mol. The van der Waals surface area contributed by atoms with Crippen LogP contribution in [0.5, 0.6) is 0 Å². The lowest BCUT2D eigenvalue weighted by atomic mass is 10.1. The Hall–Kier alpha value is -2.11. The summed E-state index contributed by atoms with van der Waals surface area (Å²) in [6.07, 6.45) is 1.22. The predicted octanol–water partition coefficient (Wildman–Crippen LogP) is 2.08. The van der Waals surface area contributed by atoms with Crippen LogP contribution in [0, 0.1) is 0 Å². The SMILES string of the molecule is CCOC(=O)C(Cc1ccccn1)NC(=O)OC(C)(C)C. The minimum absolute atomic E-state index is 0.244. The lowest BCUT2D eigenvalue weighted by Crippen LogP contribution is -2.45. The highest BCUT2D eigenvalue weighted by atomic mass is 16.6. The minimum Gasteiger partial charge on any atom is -0.464 e. The molecule has 116 valence electrons. The zero-order valence-corrected chi connectivity index (χ0v) is 12.9. The van der Waals surface area contributed by atoms with E-state index in [1.54, 1.807) is 46.0 Å². The van der Waals surface area contributed by atoms with Crippen LogP contribution < -0.4 is 5.32 Å². The summed E-state index contributed by atoms with van der Waals surface area (Å²) in [6, 6.07) is 4.56. The third kappa shape index (κ3) is 6.74. The summed E-state index contributed by atoms with van der Waals surface area (Å²) in [5, 5.41) is 2.53. The number of carbonyl (C=O) groups excluding carboxylic acids is 2. The highest BCUT2D eigenvalue weighted by molar-refractivity contribution is 5.81. The highest BCUT2D eigenvalue weighted by Crippen LogP contribution is 2.08. The molecule has 1 amide bonds. The van der Waals surface area contributed by atoms with Gasteiger partial charge in [0.15, 0.2) is 0 Å². The van der Waals surface area contributed by atoms with Crippen molar-refractivity contribution in [3.05, 3.63) is 30.1 Å². The van der Waals surface area contributed by atoms with E-state index in [2.05, 4.69) is 10.3 Å². The smallest absolute Gasteiger partial charge is 0.408 e. The maximum Gasteiger partial charge on any atom is 0.408 e. The average molecular weight is 294 g/mol. The molecule has 1 aromatic heterocycles. The summed E-state index contributed by atoms with van der Waals surface area (Å²) in [6.45, 7) is 7.22. The fourth-order valence-electron chi connectivity index (χ4n) is 1.61. The van der Waals surface area contributed by atoms with Crippen LogP contribution in [0.15, 0.2) is 24.4 Å².